The smallest absolute Gasteiger partial charge is 0.253 e. The molecule has 0 aliphatic heterocycles. The van der Waals surface area contributed by atoms with E-state index in [4.69, 9.17) is 0 Å². The van der Waals surface area contributed by atoms with Crippen LogP contribution in [-0.2, 0) is 0 Å². The molecule has 0 saturated heterocycles. The minimum Gasteiger partial charge on any atom is -0.342 e. The van der Waals surface area contributed by atoms with Crippen molar-refractivity contribution in [3.63, 3.8) is 0 Å². The van der Waals surface area contributed by atoms with Gasteiger partial charge in [0.1, 0.15) is 5.82 Å². The number of nitrogens with zero attached hydrogens (tertiary/aromatic N) is 1. The molecule has 0 bridgehead atoms. The zero-order valence-electron chi connectivity index (χ0n) is 13.7. The summed E-state index contributed by atoms with van der Waals surface area (Å²) in [6, 6.07) is 10.4. The predicted molar refractivity (Wildman–Crippen MR) is 92.8 cm³/mol. The monoisotopic (exact) mass is 324 g/mol. The minimum atomic E-state index is -0.239. The molecule has 0 spiro atoms. The summed E-state index contributed by atoms with van der Waals surface area (Å²) in [4.78, 5) is 34.0. The van der Waals surface area contributed by atoms with Gasteiger partial charge in [0, 0.05) is 12.3 Å². The molecule has 6 nitrogen and oxygen atoms in total. The molecule has 6 heteroatoms. The number of carbonyl (C=O) groups excluding carboxylic acids is 1. The highest BCUT2D eigenvalue weighted by Crippen LogP contribution is 2.22. The lowest BCUT2D eigenvalue weighted by Gasteiger charge is -2.18. The number of carbonyl (C=O) groups is 1. The number of imidazole rings is 1. The molecule has 2 aromatic heterocycles. The molecule has 1 atom stereocenters. The molecular formula is C18H20N4O2. The molecule has 0 aliphatic rings. The van der Waals surface area contributed by atoms with Crippen molar-refractivity contribution in [3.05, 3.63) is 64.3 Å². The number of para-hydroxylation sites is 2. The van der Waals surface area contributed by atoms with Crippen molar-refractivity contribution >= 4 is 16.9 Å². The third kappa shape index (κ3) is 3.53. The van der Waals surface area contributed by atoms with Crippen LogP contribution in [0.1, 0.15) is 42.5 Å². The van der Waals surface area contributed by atoms with Crippen molar-refractivity contribution < 1.29 is 4.79 Å². The zero-order valence-corrected chi connectivity index (χ0v) is 13.7. The summed E-state index contributed by atoms with van der Waals surface area (Å²) in [7, 11) is 0. The van der Waals surface area contributed by atoms with Gasteiger partial charge >= 0.3 is 0 Å². The second-order valence-corrected chi connectivity index (χ2v) is 6.24. The third-order valence-electron chi connectivity index (χ3n) is 3.80. The number of rotatable bonds is 5. The third-order valence-corrected chi connectivity index (χ3v) is 3.80. The van der Waals surface area contributed by atoms with Crippen LogP contribution in [0.25, 0.3) is 11.0 Å². The first-order chi connectivity index (χ1) is 11.5. The average molecular weight is 324 g/mol. The van der Waals surface area contributed by atoms with Gasteiger partial charge in [0.25, 0.3) is 5.91 Å². The van der Waals surface area contributed by atoms with E-state index in [1.54, 1.807) is 0 Å². The molecule has 3 N–H and O–H groups in total. The fourth-order valence-corrected chi connectivity index (χ4v) is 2.64. The largest absolute Gasteiger partial charge is 0.342 e. The first-order valence-corrected chi connectivity index (χ1v) is 7.97. The summed E-state index contributed by atoms with van der Waals surface area (Å²) < 4.78 is 0. The lowest BCUT2D eigenvalue weighted by Crippen LogP contribution is -2.30. The van der Waals surface area contributed by atoms with Gasteiger partial charge in [-0.2, -0.15) is 0 Å². The number of H-pyrrole nitrogens is 2. The number of amides is 1. The van der Waals surface area contributed by atoms with Gasteiger partial charge in [-0.05, 0) is 30.5 Å². The van der Waals surface area contributed by atoms with Crippen molar-refractivity contribution in [3.8, 4) is 0 Å². The topological polar surface area (TPSA) is 90.6 Å². The van der Waals surface area contributed by atoms with E-state index in [0.29, 0.717) is 11.5 Å². The van der Waals surface area contributed by atoms with Gasteiger partial charge in [-0.15, -0.1) is 0 Å². The van der Waals surface area contributed by atoms with Crippen LogP contribution >= 0.6 is 0 Å². The molecule has 1 aromatic carbocycles. The molecule has 0 aliphatic carbocycles. The molecule has 2 heterocycles. The highest BCUT2D eigenvalue weighted by atomic mass is 16.2. The maximum Gasteiger partial charge on any atom is 0.253 e. The molecular weight excluding hydrogens is 304 g/mol. The van der Waals surface area contributed by atoms with Crippen LogP contribution in [0.15, 0.2) is 47.4 Å². The molecule has 0 fully saturated rings. The normalized spacial score (nSPS) is 12.5. The maximum atomic E-state index is 12.5. The SMILES string of the molecule is CC(C)CC(NC(=O)c1ccc(=O)[nH]c1)c1nc2ccccc2[nH]1. The standard InChI is InChI=1S/C18H20N4O2/c1-11(2)9-15(17-20-13-5-3-4-6-14(13)21-17)22-18(24)12-7-8-16(23)19-10-12/h3-8,10-11,15H,9H2,1-2H3,(H,19,23)(H,20,21)(H,22,24). The van der Waals surface area contributed by atoms with Gasteiger partial charge < -0.3 is 15.3 Å². The molecule has 0 radical (unpaired) electrons. The van der Waals surface area contributed by atoms with Crippen LogP contribution in [0.4, 0.5) is 0 Å². The minimum absolute atomic E-state index is 0.225. The first-order valence-electron chi connectivity index (χ1n) is 7.97. The van der Waals surface area contributed by atoms with E-state index in [9.17, 15) is 9.59 Å². The molecule has 0 saturated carbocycles. The van der Waals surface area contributed by atoms with Crippen LogP contribution in [-0.4, -0.2) is 20.9 Å². The summed E-state index contributed by atoms with van der Waals surface area (Å²) in [5, 5.41) is 3.01. The first kappa shape index (κ1) is 16.0. The van der Waals surface area contributed by atoms with Crippen LogP contribution in [0.3, 0.4) is 0 Å². The summed E-state index contributed by atoms with van der Waals surface area (Å²) >= 11 is 0. The Kier molecular flexibility index (Phi) is 4.46. The molecule has 1 amide bonds. The van der Waals surface area contributed by atoms with Gasteiger partial charge in [0.2, 0.25) is 5.56 Å². The van der Waals surface area contributed by atoms with E-state index in [0.717, 1.165) is 23.3 Å². The zero-order chi connectivity index (χ0) is 17.1. The van der Waals surface area contributed by atoms with Gasteiger partial charge in [-0.1, -0.05) is 26.0 Å². The Hall–Kier alpha value is -2.89. The number of fused-ring (bicyclic) bond motifs is 1. The van der Waals surface area contributed by atoms with Crippen molar-refractivity contribution in [1.82, 2.24) is 20.3 Å². The number of hydrogen-bond acceptors (Lipinski definition) is 3. The quantitative estimate of drug-likeness (QED) is 0.674. The Balaban J connectivity index is 1.87. The molecule has 1 unspecified atom stereocenters. The van der Waals surface area contributed by atoms with E-state index in [1.165, 1.54) is 18.3 Å². The average Bonchev–Trinajstić information content (AvgIpc) is 2.98. The van der Waals surface area contributed by atoms with Crippen molar-refractivity contribution in [2.24, 2.45) is 5.92 Å². The molecule has 3 rings (SSSR count). The number of nitrogens with one attached hydrogen (secondary N) is 3. The summed E-state index contributed by atoms with van der Waals surface area (Å²) in [6.07, 6.45) is 2.18. The van der Waals surface area contributed by atoms with Crippen molar-refractivity contribution in [2.75, 3.05) is 0 Å². The number of aromatic nitrogens is 3. The van der Waals surface area contributed by atoms with E-state index < -0.39 is 0 Å². The Morgan fingerprint density at radius 2 is 2.00 bits per heavy atom. The Morgan fingerprint density at radius 3 is 2.67 bits per heavy atom. The van der Waals surface area contributed by atoms with E-state index in [-0.39, 0.29) is 17.5 Å². The summed E-state index contributed by atoms with van der Waals surface area (Å²) in [5.41, 5.74) is 2.00. The van der Waals surface area contributed by atoms with Crippen LogP contribution < -0.4 is 10.9 Å². The molecule has 124 valence electrons. The number of aromatic amines is 2. The second kappa shape index (κ2) is 6.70. The summed E-state index contributed by atoms with van der Waals surface area (Å²) in [5.74, 6) is 0.888. The van der Waals surface area contributed by atoms with Crippen molar-refractivity contribution in [2.45, 2.75) is 26.3 Å². The highest BCUT2D eigenvalue weighted by molar-refractivity contribution is 5.94. The lowest BCUT2D eigenvalue weighted by atomic mass is 10.0. The van der Waals surface area contributed by atoms with E-state index in [1.807, 2.05) is 24.3 Å². The fourth-order valence-electron chi connectivity index (χ4n) is 2.64. The second-order valence-electron chi connectivity index (χ2n) is 6.24. The Morgan fingerprint density at radius 1 is 1.21 bits per heavy atom. The van der Waals surface area contributed by atoms with Gasteiger partial charge in [0.15, 0.2) is 0 Å². The maximum absolute atomic E-state index is 12.5. The lowest BCUT2D eigenvalue weighted by molar-refractivity contribution is 0.0929. The fraction of sp³-hybridized carbons (Fsp3) is 0.278. The number of benzene rings is 1. The number of hydrogen-bond donors (Lipinski definition) is 3. The molecule has 24 heavy (non-hydrogen) atoms. The van der Waals surface area contributed by atoms with Gasteiger partial charge in [-0.3, -0.25) is 9.59 Å². The van der Waals surface area contributed by atoms with Gasteiger partial charge in [-0.25, -0.2) is 4.98 Å². The van der Waals surface area contributed by atoms with Crippen molar-refractivity contribution in [1.29, 1.82) is 0 Å². The highest BCUT2D eigenvalue weighted by Gasteiger charge is 2.20. The van der Waals surface area contributed by atoms with Crippen LogP contribution in [0, 0.1) is 5.92 Å². The summed E-state index contributed by atoms with van der Waals surface area (Å²) in [6.45, 7) is 4.20. The predicted octanol–water partition coefficient (Wildman–Crippen LogP) is 2.77. The Bertz CT molecular complexity index is 857. The van der Waals surface area contributed by atoms with E-state index >= 15 is 0 Å². The van der Waals surface area contributed by atoms with E-state index in [2.05, 4.69) is 34.1 Å². The number of pyridine rings is 1. The van der Waals surface area contributed by atoms with Crippen LogP contribution in [0.2, 0.25) is 0 Å². The van der Waals surface area contributed by atoms with Crippen LogP contribution in [0.5, 0.6) is 0 Å². The molecule has 3 aromatic rings. The Labute approximate surface area is 139 Å². The van der Waals surface area contributed by atoms with Gasteiger partial charge in [0.05, 0.1) is 22.6 Å².